The molecular formula is C24H29F3N4O. The smallest absolute Gasteiger partial charge is 0.168 e. The molecule has 5 rings (SSSR count). The van der Waals surface area contributed by atoms with Gasteiger partial charge in [0.2, 0.25) is 0 Å². The Balaban J connectivity index is 1.12. The van der Waals surface area contributed by atoms with E-state index < -0.39 is 17.5 Å². The zero-order chi connectivity index (χ0) is 22.1. The number of aromatic nitrogens is 2. The van der Waals surface area contributed by atoms with Crippen LogP contribution in [-0.2, 0) is 4.74 Å². The van der Waals surface area contributed by atoms with Gasteiger partial charge in [0, 0.05) is 44.0 Å². The van der Waals surface area contributed by atoms with Gasteiger partial charge in [-0.1, -0.05) is 0 Å². The van der Waals surface area contributed by atoms with E-state index in [0.717, 1.165) is 38.0 Å². The highest BCUT2D eigenvalue weighted by molar-refractivity contribution is 5.60. The zero-order valence-electron chi connectivity index (χ0n) is 18.1. The molecule has 0 amide bonds. The van der Waals surface area contributed by atoms with Crippen molar-refractivity contribution in [3.63, 3.8) is 0 Å². The van der Waals surface area contributed by atoms with E-state index in [0.29, 0.717) is 29.8 Å². The molecule has 3 atom stereocenters. The van der Waals surface area contributed by atoms with E-state index in [1.165, 1.54) is 38.9 Å². The van der Waals surface area contributed by atoms with Crippen molar-refractivity contribution in [1.29, 1.82) is 0 Å². The zero-order valence-corrected chi connectivity index (χ0v) is 18.1. The SMILES string of the molecule is Fc1cc(F)c(F)c(-c2ccc(N[C@H]3C[C@@H]4CN(CCC5CCOCC5)C[C@@H]4C3)nn2)c1. The molecule has 0 bridgehead atoms. The first-order valence-electron chi connectivity index (χ1n) is 11.6. The van der Waals surface area contributed by atoms with Gasteiger partial charge < -0.3 is 15.0 Å². The Kier molecular flexibility index (Phi) is 6.33. The maximum absolute atomic E-state index is 14.0. The molecule has 0 spiro atoms. The third-order valence-corrected chi connectivity index (χ3v) is 7.31. The van der Waals surface area contributed by atoms with Gasteiger partial charge in [-0.2, -0.15) is 0 Å². The van der Waals surface area contributed by atoms with Crippen LogP contribution >= 0.6 is 0 Å². The first kappa shape index (κ1) is 21.6. The number of nitrogens with zero attached hydrogens (tertiary/aromatic N) is 3. The molecular weight excluding hydrogens is 417 g/mol. The lowest BCUT2D eigenvalue weighted by Crippen LogP contribution is -2.28. The van der Waals surface area contributed by atoms with Crippen molar-refractivity contribution < 1.29 is 17.9 Å². The summed E-state index contributed by atoms with van der Waals surface area (Å²) in [6.45, 7) is 5.37. The van der Waals surface area contributed by atoms with Gasteiger partial charge in [0.25, 0.3) is 0 Å². The van der Waals surface area contributed by atoms with E-state index >= 15 is 0 Å². The molecule has 5 nitrogen and oxygen atoms in total. The monoisotopic (exact) mass is 446 g/mol. The van der Waals surface area contributed by atoms with E-state index in [2.05, 4.69) is 20.4 Å². The highest BCUT2D eigenvalue weighted by Crippen LogP contribution is 2.39. The third-order valence-electron chi connectivity index (χ3n) is 7.31. The summed E-state index contributed by atoms with van der Waals surface area (Å²) in [5.74, 6) is -0.362. The van der Waals surface area contributed by atoms with Gasteiger partial charge in [-0.05, 0) is 74.6 Å². The van der Waals surface area contributed by atoms with Crippen LogP contribution in [0.1, 0.15) is 32.1 Å². The predicted molar refractivity (Wildman–Crippen MR) is 116 cm³/mol. The Labute approximate surface area is 186 Å². The highest BCUT2D eigenvalue weighted by Gasteiger charge is 2.40. The predicted octanol–water partition coefficient (Wildman–Crippen LogP) is 4.50. The minimum atomic E-state index is -1.23. The van der Waals surface area contributed by atoms with Gasteiger partial charge in [0.05, 0.1) is 5.69 Å². The molecule has 3 aliphatic rings. The fourth-order valence-electron chi connectivity index (χ4n) is 5.60. The molecule has 1 aromatic carbocycles. The van der Waals surface area contributed by atoms with E-state index in [9.17, 15) is 13.2 Å². The summed E-state index contributed by atoms with van der Waals surface area (Å²) in [7, 11) is 0. The number of ether oxygens (including phenoxy) is 1. The number of nitrogens with one attached hydrogen (secondary N) is 1. The van der Waals surface area contributed by atoms with Gasteiger partial charge in [-0.25, -0.2) is 13.2 Å². The molecule has 32 heavy (non-hydrogen) atoms. The molecule has 0 unspecified atom stereocenters. The maximum atomic E-state index is 14.0. The van der Waals surface area contributed by atoms with Crippen LogP contribution in [0.2, 0.25) is 0 Å². The summed E-state index contributed by atoms with van der Waals surface area (Å²) in [4.78, 5) is 2.63. The van der Waals surface area contributed by atoms with Crippen LogP contribution in [0.4, 0.5) is 19.0 Å². The second-order valence-corrected chi connectivity index (χ2v) is 9.49. The van der Waals surface area contributed by atoms with Crippen molar-refractivity contribution in [3.05, 3.63) is 41.7 Å². The van der Waals surface area contributed by atoms with E-state index in [4.69, 9.17) is 4.74 Å². The molecule has 2 saturated heterocycles. The van der Waals surface area contributed by atoms with Gasteiger partial charge >= 0.3 is 0 Å². The van der Waals surface area contributed by atoms with Crippen molar-refractivity contribution in [3.8, 4) is 11.3 Å². The van der Waals surface area contributed by atoms with Gasteiger partial charge in [0.15, 0.2) is 11.6 Å². The molecule has 3 heterocycles. The van der Waals surface area contributed by atoms with Crippen LogP contribution < -0.4 is 5.32 Å². The molecule has 1 N–H and O–H groups in total. The largest absolute Gasteiger partial charge is 0.381 e. The average molecular weight is 447 g/mol. The fourth-order valence-corrected chi connectivity index (χ4v) is 5.60. The molecule has 8 heteroatoms. The highest BCUT2D eigenvalue weighted by atomic mass is 19.2. The Bertz CT molecular complexity index is 922. The second kappa shape index (κ2) is 9.35. The number of hydrogen-bond acceptors (Lipinski definition) is 5. The molecule has 2 aliphatic heterocycles. The van der Waals surface area contributed by atoms with Crippen LogP contribution in [0.25, 0.3) is 11.3 Å². The minimum Gasteiger partial charge on any atom is -0.381 e. The van der Waals surface area contributed by atoms with Crippen molar-refractivity contribution in [2.45, 2.75) is 38.1 Å². The summed E-state index contributed by atoms with van der Waals surface area (Å²) < 4.78 is 46.4. The summed E-state index contributed by atoms with van der Waals surface area (Å²) in [5, 5.41) is 11.5. The molecule has 1 saturated carbocycles. The summed E-state index contributed by atoms with van der Waals surface area (Å²) in [5.41, 5.74) is -0.118. The van der Waals surface area contributed by atoms with E-state index in [1.807, 2.05) is 0 Å². The van der Waals surface area contributed by atoms with Crippen molar-refractivity contribution in [2.75, 3.05) is 38.2 Å². The Morgan fingerprint density at radius 3 is 2.44 bits per heavy atom. The Morgan fingerprint density at radius 1 is 1.00 bits per heavy atom. The molecule has 1 aliphatic carbocycles. The van der Waals surface area contributed by atoms with Crippen molar-refractivity contribution in [1.82, 2.24) is 15.1 Å². The first-order chi connectivity index (χ1) is 15.5. The van der Waals surface area contributed by atoms with Gasteiger partial charge in [-0.3, -0.25) is 0 Å². The standard InChI is InChI=1S/C24H29F3N4O/c25-18-11-20(24(27)21(26)12-18)22-1-2-23(30-29-22)28-19-9-16-13-31(14-17(16)10-19)6-3-15-4-7-32-8-5-15/h1-2,11-12,15-17,19H,3-10,13-14H2,(H,28,30)/t16-,17+,19+. The van der Waals surface area contributed by atoms with Crippen LogP contribution in [-0.4, -0.2) is 54.0 Å². The second-order valence-electron chi connectivity index (χ2n) is 9.49. The molecule has 0 radical (unpaired) electrons. The number of halogens is 3. The van der Waals surface area contributed by atoms with Gasteiger partial charge in [0.1, 0.15) is 11.6 Å². The number of fused-ring (bicyclic) bond motifs is 1. The van der Waals surface area contributed by atoms with Crippen molar-refractivity contribution in [2.24, 2.45) is 17.8 Å². The summed E-state index contributed by atoms with van der Waals surface area (Å²) in [6, 6.07) is 5.03. The Hall–Kier alpha value is -2.19. The number of rotatable bonds is 6. The topological polar surface area (TPSA) is 50.3 Å². The van der Waals surface area contributed by atoms with Crippen molar-refractivity contribution >= 4 is 5.82 Å². The van der Waals surface area contributed by atoms with Crippen LogP contribution in [0.3, 0.4) is 0 Å². The lowest BCUT2D eigenvalue weighted by atomic mass is 9.96. The number of hydrogen-bond donors (Lipinski definition) is 1. The number of benzene rings is 1. The average Bonchev–Trinajstić information content (AvgIpc) is 3.34. The number of anilines is 1. The molecule has 3 fully saturated rings. The first-order valence-corrected chi connectivity index (χ1v) is 11.6. The van der Waals surface area contributed by atoms with E-state index in [1.54, 1.807) is 12.1 Å². The number of likely N-dealkylation sites (tertiary alicyclic amines) is 1. The lowest BCUT2D eigenvalue weighted by molar-refractivity contribution is 0.0607. The minimum absolute atomic E-state index is 0.106. The van der Waals surface area contributed by atoms with Crippen LogP contribution in [0, 0.1) is 35.2 Å². The summed E-state index contributed by atoms with van der Waals surface area (Å²) in [6.07, 6.45) is 5.89. The van der Waals surface area contributed by atoms with Gasteiger partial charge in [-0.15, -0.1) is 10.2 Å². The maximum Gasteiger partial charge on any atom is 0.168 e. The molecule has 2 aromatic rings. The quantitative estimate of drug-likeness (QED) is 0.663. The van der Waals surface area contributed by atoms with Crippen LogP contribution in [0.5, 0.6) is 0 Å². The Morgan fingerprint density at radius 2 is 1.75 bits per heavy atom. The molecule has 1 aromatic heterocycles. The summed E-state index contributed by atoms with van der Waals surface area (Å²) >= 11 is 0. The lowest BCUT2D eigenvalue weighted by Gasteiger charge is -2.25. The van der Waals surface area contributed by atoms with E-state index in [-0.39, 0.29) is 11.3 Å². The fraction of sp³-hybridized carbons (Fsp3) is 0.583. The molecule has 172 valence electrons. The van der Waals surface area contributed by atoms with Crippen LogP contribution in [0.15, 0.2) is 24.3 Å². The third kappa shape index (κ3) is 4.76. The normalized spacial score (nSPS) is 26.4.